The van der Waals surface area contributed by atoms with E-state index < -0.39 is 11.1 Å². The molecule has 38 heavy (non-hydrogen) atoms. The Morgan fingerprint density at radius 3 is 2.47 bits per heavy atom. The number of methoxy groups -OCH3 is 1. The summed E-state index contributed by atoms with van der Waals surface area (Å²) in [5.74, 6) is 0.278. The first kappa shape index (κ1) is 27.3. The molecule has 2 aliphatic rings. The third-order valence-electron chi connectivity index (χ3n) is 6.48. The van der Waals surface area contributed by atoms with E-state index >= 15 is 0 Å². The lowest BCUT2D eigenvalue weighted by atomic mass is 9.99. The zero-order valence-corrected chi connectivity index (χ0v) is 22.5. The van der Waals surface area contributed by atoms with Crippen LogP contribution in [0, 0.1) is 12.8 Å². The quantitative estimate of drug-likeness (QED) is 0.500. The van der Waals surface area contributed by atoms with Gasteiger partial charge in [-0.25, -0.2) is 0 Å². The van der Waals surface area contributed by atoms with Crippen LogP contribution in [0.2, 0.25) is 0 Å². The Morgan fingerprint density at radius 1 is 1.08 bits per heavy atom. The van der Waals surface area contributed by atoms with Gasteiger partial charge in [-0.3, -0.25) is 24.1 Å². The normalized spacial score (nSPS) is 17.2. The van der Waals surface area contributed by atoms with Crippen LogP contribution in [0.4, 0.5) is 10.5 Å². The van der Waals surface area contributed by atoms with Crippen LogP contribution in [-0.4, -0.2) is 66.1 Å². The number of carbonyl (C=O) groups is 4. The van der Waals surface area contributed by atoms with E-state index in [0.717, 1.165) is 35.1 Å². The highest BCUT2D eigenvalue weighted by Gasteiger charge is 2.37. The molecule has 4 rings (SSSR count). The molecule has 2 fully saturated rings. The highest BCUT2D eigenvalue weighted by molar-refractivity contribution is 8.18. The van der Waals surface area contributed by atoms with Crippen LogP contribution >= 0.6 is 11.8 Å². The van der Waals surface area contributed by atoms with Crippen molar-refractivity contribution in [3.63, 3.8) is 0 Å². The Morgan fingerprint density at radius 2 is 1.79 bits per heavy atom. The highest BCUT2D eigenvalue weighted by Crippen LogP contribution is 2.34. The summed E-state index contributed by atoms with van der Waals surface area (Å²) in [6.07, 6.45) is 3.42. The summed E-state index contributed by atoms with van der Waals surface area (Å²) in [4.78, 5) is 53.3. The lowest BCUT2D eigenvalue weighted by Gasteiger charge is -2.31. The second-order valence-electron chi connectivity index (χ2n) is 9.44. The van der Waals surface area contributed by atoms with Crippen molar-refractivity contribution in [2.24, 2.45) is 5.92 Å². The number of aryl methyl sites for hydroxylation is 1. The number of piperidine rings is 1. The molecule has 2 aromatic carbocycles. The number of carbonyl (C=O) groups excluding carboxylic acids is 4. The number of benzene rings is 2. The first-order valence-electron chi connectivity index (χ1n) is 12.4. The van der Waals surface area contributed by atoms with Crippen molar-refractivity contribution in [2.75, 3.05) is 38.7 Å². The van der Waals surface area contributed by atoms with Gasteiger partial charge in [0.1, 0.15) is 6.54 Å². The number of nitrogens with zero attached hydrogens (tertiary/aromatic N) is 2. The summed E-state index contributed by atoms with van der Waals surface area (Å²) in [5, 5.41) is 2.30. The maximum absolute atomic E-state index is 12.9. The zero-order valence-electron chi connectivity index (χ0n) is 21.7. The number of imide groups is 1. The highest BCUT2D eigenvalue weighted by atomic mass is 32.2. The van der Waals surface area contributed by atoms with Crippen LogP contribution < -0.4 is 14.8 Å². The summed E-state index contributed by atoms with van der Waals surface area (Å²) < 4.78 is 11.0. The standard InChI is InChI=1S/C28H31N3O6S/c1-18-4-7-21(8-5-18)29-25(32)17-37-22-9-6-20(14-23(22)36-3)15-24-27(34)31(28(35)38-24)16-26(33)30-12-10-19(2)11-13-30/h4-9,14-15,19H,10-13,16-17H2,1-3H3,(H,29,32)/b24-15+. The van der Waals surface area contributed by atoms with Crippen LogP contribution in [-0.2, 0) is 14.4 Å². The lowest BCUT2D eigenvalue weighted by Crippen LogP contribution is -2.45. The zero-order chi connectivity index (χ0) is 27.2. The Labute approximate surface area is 226 Å². The lowest BCUT2D eigenvalue weighted by molar-refractivity contribution is -0.136. The van der Waals surface area contributed by atoms with Crippen LogP contribution in [0.25, 0.3) is 6.08 Å². The van der Waals surface area contributed by atoms with Gasteiger partial charge in [-0.1, -0.05) is 30.7 Å². The SMILES string of the molecule is COc1cc(/C=C2/SC(=O)N(CC(=O)N3CCC(C)CC3)C2=O)ccc1OCC(=O)Nc1ccc(C)cc1. The molecule has 2 aliphatic heterocycles. The molecule has 4 amide bonds. The Bertz CT molecular complexity index is 1250. The van der Waals surface area contributed by atoms with Crippen LogP contribution in [0.1, 0.15) is 30.9 Å². The fourth-order valence-corrected chi connectivity index (χ4v) is 4.99. The average Bonchev–Trinajstić information content (AvgIpc) is 3.16. The third kappa shape index (κ3) is 6.74. The number of amides is 4. The van der Waals surface area contributed by atoms with E-state index in [4.69, 9.17) is 9.47 Å². The van der Waals surface area contributed by atoms with Crippen molar-refractivity contribution in [1.29, 1.82) is 0 Å². The third-order valence-corrected chi connectivity index (χ3v) is 7.39. The number of anilines is 1. The number of rotatable bonds is 8. The first-order valence-corrected chi connectivity index (χ1v) is 13.3. The van der Waals surface area contributed by atoms with E-state index in [1.165, 1.54) is 7.11 Å². The molecule has 0 bridgehead atoms. The smallest absolute Gasteiger partial charge is 0.294 e. The Kier molecular flexibility index (Phi) is 8.73. The first-order chi connectivity index (χ1) is 18.2. The van der Waals surface area contributed by atoms with Gasteiger partial charge in [0.15, 0.2) is 18.1 Å². The Hall–Kier alpha value is -3.79. The minimum Gasteiger partial charge on any atom is -0.493 e. The number of ether oxygens (including phenoxy) is 2. The van der Waals surface area contributed by atoms with E-state index in [2.05, 4.69) is 12.2 Å². The van der Waals surface area contributed by atoms with E-state index in [9.17, 15) is 19.2 Å². The van der Waals surface area contributed by atoms with Gasteiger partial charge in [0.2, 0.25) is 5.91 Å². The van der Waals surface area contributed by atoms with Gasteiger partial charge in [-0.15, -0.1) is 0 Å². The van der Waals surface area contributed by atoms with E-state index in [1.54, 1.807) is 29.2 Å². The predicted octanol–water partition coefficient (Wildman–Crippen LogP) is 4.32. The number of thioether (sulfide) groups is 1. The fourth-order valence-electron chi connectivity index (χ4n) is 4.15. The van der Waals surface area contributed by atoms with Crippen molar-refractivity contribution >= 4 is 46.5 Å². The van der Waals surface area contributed by atoms with Gasteiger partial charge in [0, 0.05) is 18.8 Å². The van der Waals surface area contributed by atoms with Gasteiger partial charge in [-0.05, 0) is 73.4 Å². The van der Waals surface area contributed by atoms with Crippen molar-refractivity contribution in [3.8, 4) is 11.5 Å². The number of likely N-dealkylation sites (tertiary alicyclic amines) is 1. The summed E-state index contributed by atoms with van der Waals surface area (Å²) in [5.41, 5.74) is 2.38. The van der Waals surface area contributed by atoms with Gasteiger partial charge in [0.25, 0.3) is 17.1 Å². The summed E-state index contributed by atoms with van der Waals surface area (Å²) >= 11 is 0.802. The molecule has 2 aromatic rings. The molecule has 0 radical (unpaired) electrons. The Balaban J connectivity index is 1.37. The van der Waals surface area contributed by atoms with E-state index in [-0.39, 0.29) is 29.9 Å². The molecule has 200 valence electrons. The minimum absolute atomic E-state index is 0.213. The molecule has 10 heteroatoms. The minimum atomic E-state index is -0.495. The van der Waals surface area contributed by atoms with E-state index in [1.807, 2.05) is 31.2 Å². The maximum atomic E-state index is 12.9. The molecule has 2 saturated heterocycles. The molecule has 2 heterocycles. The molecule has 1 N–H and O–H groups in total. The van der Waals surface area contributed by atoms with Gasteiger partial charge >= 0.3 is 0 Å². The molecule has 0 aromatic heterocycles. The molecule has 0 saturated carbocycles. The fraction of sp³-hybridized carbons (Fsp3) is 0.357. The molecule has 0 aliphatic carbocycles. The molecule has 0 atom stereocenters. The van der Waals surface area contributed by atoms with Crippen molar-refractivity contribution in [3.05, 3.63) is 58.5 Å². The summed E-state index contributed by atoms with van der Waals surface area (Å²) in [6, 6.07) is 12.4. The van der Waals surface area contributed by atoms with Gasteiger partial charge in [0.05, 0.1) is 12.0 Å². The van der Waals surface area contributed by atoms with E-state index in [0.29, 0.717) is 41.8 Å². The summed E-state index contributed by atoms with van der Waals surface area (Å²) in [7, 11) is 1.47. The van der Waals surface area contributed by atoms with Crippen LogP contribution in [0.3, 0.4) is 0 Å². The van der Waals surface area contributed by atoms with Crippen LogP contribution in [0.5, 0.6) is 11.5 Å². The number of hydrogen-bond donors (Lipinski definition) is 1. The predicted molar refractivity (Wildman–Crippen MR) is 146 cm³/mol. The van der Waals surface area contributed by atoms with Gasteiger partial charge < -0.3 is 19.7 Å². The largest absolute Gasteiger partial charge is 0.493 e. The van der Waals surface area contributed by atoms with Crippen LogP contribution in [0.15, 0.2) is 47.4 Å². The molecule has 0 unspecified atom stereocenters. The van der Waals surface area contributed by atoms with Crippen molar-refractivity contribution in [1.82, 2.24) is 9.80 Å². The van der Waals surface area contributed by atoms with Crippen molar-refractivity contribution in [2.45, 2.75) is 26.7 Å². The second kappa shape index (κ2) is 12.2. The molecule has 0 spiro atoms. The number of nitrogens with one attached hydrogen (secondary N) is 1. The number of hydrogen-bond acceptors (Lipinski definition) is 7. The average molecular weight is 538 g/mol. The second-order valence-corrected chi connectivity index (χ2v) is 10.4. The van der Waals surface area contributed by atoms with Gasteiger partial charge in [-0.2, -0.15) is 0 Å². The topological polar surface area (TPSA) is 105 Å². The molecular weight excluding hydrogens is 506 g/mol. The maximum Gasteiger partial charge on any atom is 0.294 e. The monoisotopic (exact) mass is 537 g/mol. The summed E-state index contributed by atoms with van der Waals surface area (Å²) in [6.45, 7) is 4.94. The molecular formula is C28H31N3O6S. The van der Waals surface area contributed by atoms with Crippen molar-refractivity contribution < 1.29 is 28.7 Å². The molecule has 9 nitrogen and oxygen atoms in total.